The first-order valence-corrected chi connectivity index (χ1v) is 3.94. The molecule has 0 amide bonds. The molecule has 1 heterocycles. The van der Waals surface area contributed by atoms with Crippen LogP contribution < -0.4 is 0 Å². The van der Waals surface area contributed by atoms with Gasteiger partial charge in [-0.2, -0.15) is 0 Å². The molecular formula is C6H5ClIN. The van der Waals surface area contributed by atoms with Crippen LogP contribution in [0.2, 0.25) is 5.02 Å². The lowest BCUT2D eigenvalue weighted by Gasteiger charge is -1.95. The SMILES string of the molecule is Cc1nccc(I)c1Cl. The lowest BCUT2D eigenvalue weighted by Crippen LogP contribution is -1.82. The summed E-state index contributed by atoms with van der Waals surface area (Å²) in [7, 11) is 0. The molecule has 1 aromatic rings. The van der Waals surface area contributed by atoms with Gasteiger partial charge < -0.3 is 0 Å². The van der Waals surface area contributed by atoms with E-state index in [1.807, 2.05) is 13.0 Å². The molecule has 0 atom stereocenters. The molecular weight excluding hydrogens is 248 g/mol. The predicted molar refractivity (Wildman–Crippen MR) is 46.7 cm³/mol. The second kappa shape index (κ2) is 2.84. The zero-order valence-electron chi connectivity index (χ0n) is 4.86. The Balaban J connectivity index is 3.25. The molecule has 0 bridgehead atoms. The van der Waals surface area contributed by atoms with Crippen molar-refractivity contribution in [2.75, 3.05) is 0 Å². The van der Waals surface area contributed by atoms with Crippen LogP contribution in [0.25, 0.3) is 0 Å². The summed E-state index contributed by atoms with van der Waals surface area (Å²) >= 11 is 7.99. The number of hydrogen-bond donors (Lipinski definition) is 0. The molecule has 0 aliphatic carbocycles. The van der Waals surface area contributed by atoms with Crippen LogP contribution in [0.15, 0.2) is 12.3 Å². The monoisotopic (exact) mass is 253 g/mol. The Morgan fingerprint density at radius 2 is 2.33 bits per heavy atom. The summed E-state index contributed by atoms with van der Waals surface area (Å²) in [4.78, 5) is 4.00. The second-order valence-electron chi connectivity index (χ2n) is 1.69. The summed E-state index contributed by atoms with van der Waals surface area (Å²) in [6.45, 7) is 1.89. The summed E-state index contributed by atoms with van der Waals surface area (Å²) in [5, 5.41) is 0.762. The van der Waals surface area contributed by atoms with Crippen molar-refractivity contribution >= 4 is 34.2 Å². The highest BCUT2D eigenvalue weighted by atomic mass is 127. The molecule has 0 fully saturated rings. The molecule has 48 valence electrons. The van der Waals surface area contributed by atoms with Gasteiger partial charge in [0.1, 0.15) is 0 Å². The van der Waals surface area contributed by atoms with E-state index in [2.05, 4.69) is 27.6 Å². The van der Waals surface area contributed by atoms with E-state index < -0.39 is 0 Å². The molecule has 3 heteroatoms. The Morgan fingerprint density at radius 1 is 1.67 bits per heavy atom. The molecule has 1 aromatic heterocycles. The molecule has 0 aliphatic heterocycles. The van der Waals surface area contributed by atoms with E-state index >= 15 is 0 Å². The lowest BCUT2D eigenvalue weighted by molar-refractivity contribution is 1.19. The Morgan fingerprint density at radius 3 is 2.78 bits per heavy atom. The van der Waals surface area contributed by atoms with E-state index in [1.54, 1.807) is 6.20 Å². The fourth-order valence-corrected chi connectivity index (χ4v) is 1.18. The number of rotatable bonds is 0. The quantitative estimate of drug-likeness (QED) is 0.648. The number of nitrogens with zero attached hydrogens (tertiary/aromatic N) is 1. The molecule has 0 saturated heterocycles. The topological polar surface area (TPSA) is 12.9 Å². The molecule has 0 saturated carbocycles. The summed E-state index contributed by atoms with van der Waals surface area (Å²) in [5.74, 6) is 0. The fraction of sp³-hybridized carbons (Fsp3) is 0.167. The normalized spacial score (nSPS) is 9.67. The van der Waals surface area contributed by atoms with Gasteiger partial charge in [0.2, 0.25) is 0 Å². The molecule has 9 heavy (non-hydrogen) atoms. The van der Waals surface area contributed by atoms with Gasteiger partial charge in [0, 0.05) is 9.77 Å². The van der Waals surface area contributed by atoms with Gasteiger partial charge in [0.25, 0.3) is 0 Å². The zero-order chi connectivity index (χ0) is 6.85. The van der Waals surface area contributed by atoms with Crippen molar-refractivity contribution in [3.8, 4) is 0 Å². The van der Waals surface area contributed by atoms with Gasteiger partial charge >= 0.3 is 0 Å². The van der Waals surface area contributed by atoms with Crippen LogP contribution in [0.3, 0.4) is 0 Å². The van der Waals surface area contributed by atoms with Gasteiger partial charge in [-0.15, -0.1) is 0 Å². The van der Waals surface area contributed by atoms with Gasteiger partial charge in [-0.3, -0.25) is 4.98 Å². The van der Waals surface area contributed by atoms with Crippen molar-refractivity contribution in [3.63, 3.8) is 0 Å². The molecule has 0 spiro atoms. The first-order chi connectivity index (χ1) is 4.22. The van der Waals surface area contributed by atoms with Crippen LogP contribution >= 0.6 is 34.2 Å². The van der Waals surface area contributed by atoms with Gasteiger partial charge in [-0.05, 0) is 35.6 Å². The maximum atomic E-state index is 5.81. The standard InChI is InChI=1S/C6H5ClIN/c1-4-6(7)5(8)2-3-9-4/h2-3H,1H3. The van der Waals surface area contributed by atoms with Crippen LogP contribution in [0, 0.1) is 10.5 Å². The molecule has 0 radical (unpaired) electrons. The van der Waals surface area contributed by atoms with Crippen molar-refractivity contribution in [1.82, 2.24) is 4.98 Å². The molecule has 0 N–H and O–H groups in total. The summed E-state index contributed by atoms with van der Waals surface area (Å²) < 4.78 is 1.06. The van der Waals surface area contributed by atoms with Crippen LogP contribution in [0.1, 0.15) is 5.69 Å². The van der Waals surface area contributed by atoms with E-state index in [4.69, 9.17) is 11.6 Å². The Bertz CT molecular complexity index is 204. The predicted octanol–water partition coefficient (Wildman–Crippen LogP) is 2.65. The van der Waals surface area contributed by atoms with Gasteiger partial charge in [0.15, 0.2) is 0 Å². The maximum Gasteiger partial charge on any atom is 0.0751 e. The van der Waals surface area contributed by atoms with Crippen LogP contribution in [0.5, 0.6) is 0 Å². The van der Waals surface area contributed by atoms with Gasteiger partial charge in [-0.25, -0.2) is 0 Å². The highest BCUT2D eigenvalue weighted by Gasteiger charge is 1.97. The summed E-state index contributed by atoms with van der Waals surface area (Å²) in [6.07, 6.45) is 1.75. The molecule has 0 unspecified atom stereocenters. The second-order valence-corrected chi connectivity index (χ2v) is 3.23. The van der Waals surface area contributed by atoms with Gasteiger partial charge in [-0.1, -0.05) is 11.6 Å². The van der Waals surface area contributed by atoms with Crippen LogP contribution in [-0.2, 0) is 0 Å². The van der Waals surface area contributed by atoms with Crippen molar-refractivity contribution in [2.24, 2.45) is 0 Å². The largest absolute Gasteiger partial charge is 0.260 e. The smallest absolute Gasteiger partial charge is 0.0751 e. The van der Waals surface area contributed by atoms with E-state index in [0.29, 0.717) is 0 Å². The number of hydrogen-bond acceptors (Lipinski definition) is 1. The molecule has 1 rings (SSSR count). The van der Waals surface area contributed by atoms with Crippen molar-refractivity contribution in [1.29, 1.82) is 0 Å². The molecule has 1 nitrogen and oxygen atoms in total. The highest BCUT2D eigenvalue weighted by molar-refractivity contribution is 14.1. The lowest BCUT2D eigenvalue weighted by atomic mass is 10.4. The third-order valence-corrected chi connectivity index (χ3v) is 2.71. The Hall–Kier alpha value is 0.170. The number of aryl methyl sites for hydroxylation is 1. The first kappa shape index (κ1) is 7.28. The Kier molecular flexibility index (Phi) is 2.29. The summed E-state index contributed by atoms with van der Waals surface area (Å²) in [5.41, 5.74) is 0.892. The minimum Gasteiger partial charge on any atom is -0.260 e. The van der Waals surface area contributed by atoms with E-state index in [0.717, 1.165) is 14.3 Å². The van der Waals surface area contributed by atoms with Crippen molar-refractivity contribution in [2.45, 2.75) is 6.92 Å². The number of halogens is 2. The average molecular weight is 253 g/mol. The number of aromatic nitrogens is 1. The minimum atomic E-state index is 0.762. The maximum absolute atomic E-state index is 5.81. The van der Waals surface area contributed by atoms with Crippen molar-refractivity contribution in [3.05, 3.63) is 26.5 Å². The van der Waals surface area contributed by atoms with Crippen LogP contribution in [-0.4, -0.2) is 4.98 Å². The van der Waals surface area contributed by atoms with Crippen LogP contribution in [0.4, 0.5) is 0 Å². The molecule has 0 aliphatic rings. The minimum absolute atomic E-state index is 0.762. The fourth-order valence-electron chi connectivity index (χ4n) is 0.517. The van der Waals surface area contributed by atoms with Gasteiger partial charge in [0.05, 0.1) is 10.7 Å². The third kappa shape index (κ3) is 1.55. The third-order valence-electron chi connectivity index (χ3n) is 1.02. The highest BCUT2D eigenvalue weighted by Crippen LogP contribution is 2.19. The zero-order valence-corrected chi connectivity index (χ0v) is 7.77. The van der Waals surface area contributed by atoms with Crippen molar-refractivity contribution < 1.29 is 0 Å². The molecule has 0 aromatic carbocycles. The van der Waals surface area contributed by atoms with E-state index in [-0.39, 0.29) is 0 Å². The number of pyridine rings is 1. The van der Waals surface area contributed by atoms with E-state index in [1.165, 1.54) is 0 Å². The summed E-state index contributed by atoms with van der Waals surface area (Å²) in [6, 6.07) is 1.88. The van der Waals surface area contributed by atoms with E-state index in [9.17, 15) is 0 Å². The first-order valence-electron chi connectivity index (χ1n) is 2.48. The average Bonchev–Trinajstić information content (AvgIpc) is 1.83. The Labute approximate surface area is 72.6 Å².